The van der Waals surface area contributed by atoms with E-state index in [0.29, 0.717) is 4.75 Å². The molecule has 1 fully saturated rings. The third-order valence-electron chi connectivity index (χ3n) is 1.90. The predicted octanol–water partition coefficient (Wildman–Crippen LogP) is 2.50. The summed E-state index contributed by atoms with van der Waals surface area (Å²) >= 11 is 0. The number of hydrogen-bond acceptors (Lipinski definition) is 4. The molecule has 0 aromatic carbocycles. The van der Waals surface area contributed by atoms with Gasteiger partial charge in [0.1, 0.15) is 0 Å². The van der Waals surface area contributed by atoms with Gasteiger partial charge in [-0.2, -0.15) is 0 Å². The van der Waals surface area contributed by atoms with Crippen molar-refractivity contribution in [1.29, 1.82) is 0 Å². The second-order valence-electron chi connectivity index (χ2n) is 4.47. The Balaban J connectivity index is 1.97. The molecule has 0 atom stereocenters. The molecule has 84 valence electrons. The molecule has 1 rings (SSSR count). The van der Waals surface area contributed by atoms with Crippen LogP contribution in [0.25, 0.3) is 0 Å². The van der Waals surface area contributed by atoms with E-state index in [1.165, 1.54) is 12.3 Å². The maximum absolute atomic E-state index is 5.31. The Hall–Kier alpha value is 0.620. The highest BCUT2D eigenvalue weighted by atomic mass is 33.1. The van der Waals surface area contributed by atoms with Crippen molar-refractivity contribution in [2.45, 2.75) is 25.5 Å². The summed E-state index contributed by atoms with van der Waals surface area (Å²) in [6.45, 7) is 12.0. The van der Waals surface area contributed by atoms with E-state index >= 15 is 0 Å². The highest BCUT2D eigenvalue weighted by Gasteiger charge is 2.12. The Morgan fingerprint density at radius 2 is 1.86 bits per heavy atom. The van der Waals surface area contributed by atoms with Crippen LogP contribution in [0, 0.1) is 0 Å². The van der Waals surface area contributed by atoms with Crippen molar-refractivity contribution in [1.82, 2.24) is 4.90 Å². The Kier molecular flexibility index (Phi) is 5.67. The molecular formula is C10H21NOS2. The van der Waals surface area contributed by atoms with Gasteiger partial charge in [-0.3, -0.25) is 4.90 Å². The van der Waals surface area contributed by atoms with Gasteiger partial charge in [-0.1, -0.05) is 42.4 Å². The molecule has 2 nitrogen and oxygen atoms in total. The maximum Gasteiger partial charge on any atom is 0.0594 e. The van der Waals surface area contributed by atoms with Gasteiger partial charge in [0.15, 0.2) is 0 Å². The summed E-state index contributed by atoms with van der Waals surface area (Å²) in [5.41, 5.74) is 0. The van der Waals surface area contributed by atoms with Gasteiger partial charge in [-0.15, -0.1) is 0 Å². The lowest BCUT2D eigenvalue weighted by atomic mass is 10.3. The van der Waals surface area contributed by atoms with Gasteiger partial charge in [-0.05, 0) is 0 Å². The average Bonchev–Trinajstić information content (AvgIpc) is 2.13. The van der Waals surface area contributed by atoms with Crippen molar-refractivity contribution in [3.05, 3.63) is 0 Å². The van der Waals surface area contributed by atoms with Crippen molar-refractivity contribution in [2.24, 2.45) is 0 Å². The van der Waals surface area contributed by atoms with Gasteiger partial charge >= 0.3 is 0 Å². The van der Waals surface area contributed by atoms with E-state index in [4.69, 9.17) is 4.74 Å². The van der Waals surface area contributed by atoms with E-state index in [1.54, 1.807) is 0 Å². The minimum absolute atomic E-state index is 0.385. The highest BCUT2D eigenvalue weighted by molar-refractivity contribution is 8.77. The zero-order valence-electron chi connectivity index (χ0n) is 9.41. The first-order chi connectivity index (χ1) is 6.58. The number of morpholine rings is 1. The van der Waals surface area contributed by atoms with Crippen molar-refractivity contribution < 1.29 is 4.74 Å². The molecule has 1 saturated heterocycles. The minimum Gasteiger partial charge on any atom is -0.379 e. The second-order valence-corrected chi connectivity index (χ2v) is 7.71. The maximum atomic E-state index is 5.31. The molecule has 4 heteroatoms. The van der Waals surface area contributed by atoms with Crippen LogP contribution in [0.1, 0.15) is 20.8 Å². The molecule has 14 heavy (non-hydrogen) atoms. The van der Waals surface area contributed by atoms with Crippen molar-refractivity contribution in [3.63, 3.8) is 0 Å². The van der Waals surface area contributed by atoms with Gasteiger partial charge in [0, 0.05) is 30.1 Å². The summed E-state index contributed by atoms with van der Waals surface area (Å²) in [6.07, 6.45) is 0. The third kappa shape index (κ3) is 6.17. The molecule has 0 N–H and O–H groups in total. The van der Waals surface area contributed by atoms with Crippen LogP contribution in [-0.2, 0) is 4.74 Å². The number of rotatable bonds is 4. The monoisotopic (exact) mass is 235 g/mol. The SMILES string of the molecule is CC(C)(C)SSCCN1CCOCC1. The molecule has 0 bridgehead atoms. The van der Waals surface area contributed by atoms with Gasteiger partial charge in [0.05, 0.1) is 13.2 Å². The Labute approximate surface area is 95.5 Å². The van der Waals surface area contributed by atoms with Gasteiger partial charge in [0.2, 0.25) is 0 Å². The minimum atomic E-state index is 0.385. The third-order valence-corrected chi connectivity index (χ3v) is 5.22. The number of ether oxygens (including phenoxy) is 1. The summed E-state index contributed by atoms with van der Waals surface area (Å²) < 4.78 is 5.69. The molecule has 0 radical (unpaired) electrons. The van der Waals surface area contributed by atoms with E-state index in [-0.39, 0.29) is 0 Å². The Bertz CT molecular complexity index is 153. The Morgan fingerprint density at radius 1 is 1.21 bits per heavy atom. The summed E-state index contributed by atoms with van der Waals surface area (Å²) in [7, 11) is 3.97. The van der Waals surface area contributed by atoms with Crippen LogP contribution in [0.3, 0.4) is 0 Å². The summed E-state index contributed by atoms with van der Waals surface area (Å²) in [5, 5.41) is 0. The zero-order chi connectivity index (χ0) is 10.4. The second kappa shape index (κ2) is 6.26. The quantitative estimate of drug-likeness (QED) is 0.548. The fraction of sp³-hybridized carbons (Fsp3) is 1.00. The first-order valence-corrected chi connectivity index (χ1v) is 7.50. The lowest BCUT2D eigenvalue weighted by molar-refractivity contribution is 0.0410. The van der Waals surface area contributed by atoms with Gasteiger partial charge < -0.3 is 4.74 Å². The molecule has 1 heterocycles. The van der Waals surface area contributed by atoms with Crippen molar-refractivity contribution >= 4 is 21.6 Å². The normalized spacial score (nSPS) is 19.9. The van der Waals surface area contributed by atoms with E-state index in [2.05, 4.69) is 25.7 Å². The van der Waals surface area contributed by atoms with Crippen LogP contribution in [0.5, 0.6) is 0 Å². The summed E-state index contributed by atoms with van der Waals surface area (Å²) in [4.78, 5) is 2.49. The lowest BCUT2D eigenvalue weighted by Crippen LogP contribution is -2.37. The predicted molar refractivity (Wildman–Crippen MR) is 67.1 cm³/mol. The highest BCUT2D eigenvalue weighted by Crippen LogP contribution is 2.34. The van der Waals surface area contributed by atoms with E-state index < -0.39 is 0 Å². The molecule has 0 amide bonds. The van der Waals surface area contributed by atoms with Gasteiger partial charge in [-0.25, -0.2) is 0 Å². The molecule has 1 aliphatic rings. The van der Waals surface area contributed by atoms with Crippen LogP contribution >= 0.6 is 21.6 Å². The number of nitrogens with zero attached hydrogens (tertiary/aromatic N) is 1. The summed E-state index contributed by atoms with van der Waals surface area (Å²) in [6, 6.07) is 0. The fourth-order valence-corrected chi connectivity index (χ4v) is 3.51. The lowest BCUT2D eigenvalue weighted by Gasteiger charge is -2.26. The molecule has 0 aromatic rings. The molecule has 1 aliphatic heterocycles. The molecule has 0 spiro atoms. The molecule has 0 aromatic heterocycles. The van der Waals surface area contributed by atoms with Crippen LogP contribution < -0.4 is 0 Å². The Morgan fingerprint density at radius 3 is 2.43 bits per heavy atom. The van der Waals surface area contributed by atoms with Crippen LogP contribution in [0.15, 0.2) is 0 Å². The molecule has 0 unspecified atom stereocenters. The average molecular weight is 235 g/mol. The van der Waals surface area contributed by atoms with E-state index in [1.807, 2.05) is 21.6 Å². The number of hydrogen-bond donors (Lipinski definition) is 0. The molecule has 0 saturated carbocycles. The van der Waals surface area contributed by atoms with E-state index in [0.717, 1.165) is 26.3 Å². The van der Waals surface area contributed by atoms with Crippen LogP contribution in [-0.4, -0.2) is 48.2 Å². The largest absolute Gasteiger partial charge is 0.379 e. The van der Waals surface area contributed by atoms with Crippen molar-refractivity contribution in [3.8, 4) is 0 Å². The van der Waals surface area contributed by atoms with Crippen LogP contribution in [0.4, 0.5) is 0 Å². The molecular weight excluding hydrogens is 214 g/mol. The summed E-state index contributed by atoms with van der Waals surface area (Å²) in [5.74, 6) is 1.22. The fourth-order valence-electron chi connectivity index (χ4n) is 1.21. The smallest absolute Gasteiger partial charge is 0.0594 e. The zero-order valence-corrected chi connectivity index (χ0v) is 11.0. The first-order valence-electron chi connectivity index (χ1n) is 5.19. The first kappa shape index (κ1) is 12.7. The topological polar surface area (TPSA) is 12.5 Å². The van der Waals surface area contributed by atoms with Crippen LogP contribution in [0.2, 0.25) is 0 Å². The van der Waals surface area contributed by atoms with E-state index in [9.17, 15) is 0 Å². The van der Waals surface area contributed by atoms with Gasteiger partial charge in [0.25, 0.3) is 0 Å². The standard InChI is InChI=1S/C10H21NOS2/c1-10(2,3)14-13-9-6-11-4-7-12-8-5-11/h4-9H2,1-3H3. The molecule has 0 aliphatic carbocycles. The van der Waals surface area contributed by atoms with Crippen molar-refractivity contribution in [2.75, 3.05) is 38.6 Å².